The molecule has 0 fully saturated rings. The third-order valence-electron chi connectivity index (χ3n) is 11.3. The molecule has 0 aliphatic heterocycles. The van der Waals surface area contributed by atoms with Crippen molar-refractivity contribution in [1.82, 2.24) is 0 Å². The Hall–Kier alpha value is -7.05. The van der Waals surface area contributed by atoms with Gasteiger partial charge in [-0.2, -0.15) is 5.26 Å². The van der Waals surface area contributed by atoms with Crippen LogP contribution in [-0.4, -0.2) is 0 Å². The van der Waals surface area contributed by atoms with E-state index in [2.05, 4.69) is 176 Å². The monoisotopic (exact) mass is 713 g/mol. The van der Waals surface area contributed by atoms with Gasteiger partial charge in [0.25, 0.3) is 0 Å². The van der Waals surface area contributed by atoms with E-state index >= 15 is 0 Å². The summed E-state index contributed by atoms with van der Waals surface area (Å²) in [6.07, 6.45) is 0. The smallest absolute Gasteiger partial charge is 0.0998 e. The van der Waals surface area contributed by atoms with Gasteiger partial charge < -0.3 is 0 Å². The summed E-state index contributed by atoms with van der Waals surface area (Å²) in [6, 6.07) is 70.2. The summed E-state index contributed by atoms with van der Waals surface area (Å²) in [5.74, 6) is 0. The number of nitrogens with zero attached hydrogens (tertiary/aromatic N) is 1. The third kappa shape index (κ3) is 4.77. The van der Waals surface area contributed by atoms with Crippen LogP contribution in [0.3, 0.4) is 0 Å². The molecule has 1 nitrogen and oxygen atoms in total. The topological polar surface area (TPSA) is 23.8 Å². The van der Waals surface area contributed by atoms with Crippen molar-refractivity contribution in [2.24, 2.45) is 0 Å². The van der Waals surface area contributed by atoms with Crippen LogP contribution in [0.5, 0.6) is 0 Å². The number of nitriles is 1. The Balaban J connectivity index is 1.17. The zero-order chi connectivity index (χ0) is 36.5. The number of benzene rings is 10. The van der Waals surface area contributed by atoms with Crippen molar-refractivity contribution in [2.45, 2.75) is 0 Å². The second-order valence-electron chi connectivity index (χ2n) is 14.2. The first-order valence-electron chi connectivity index (χ1n) is 18.7. The highest BCUT2D eigenvalue weighted by Gasteiger charge is 2.21. The molecular formula is C53H31NS. The van der Waals surface area contributed by atoms with Gasteiger partial charge in [0.1, 0.15) is 0 Å². The molecule has 2 heteroatoms. The summed E-state index contributed by atoms with van der Waals surface area (Å²) in [5, 5.41) is 22.4. The molecule has 0 atom stereocenters. The van der Waals surface area contributed by atoms with E-state index in [1.165, 1.54) is 85.9 Å². The van der Waals surface area contributed by atoms with Gasteiger partial charge in [0.2, 0.25) is 0 Å². The maximum absolute atomic E-state index is 10.1. The number of fused-ring (bicyclic) bond motifs is 7. The SMILES string of the molecule is N#Cc1ccccc1-c1c2ccccc2c(-c2ccc3c(c2)sc2c(-c4c5ccccc5c(-c5ccccc5)c5ccccc45)cccc23)c2ccccc12. The Morgan fingerprint density at radius 2 is 0.764 bits per heavy atom. The summed E-state index contributed by atoms with van der Waals surface area (Å²) >= 11 is 1.89. The van der Waals surface area contributed by atoms with Crippen LogP contribution in [0.25, 0.3) is 108 Å². The summed E-state index contributed by atoms with van der Waals surface area (Å²) in [6.45, 7) is 0. The molecule has 0 saturated carbocycles. The van der Waals surface area contributed by atoms with Crippen LogP contribution in [-0.2, 0) is 0 Å². The van der Waals surface area contributed by atoms with Gasteiger partial charge in [-0.25, -0.2) is 0 Å². The summed E-state index contributed by atoms with van der Waals surface area (Å²) < 4.78 is 2.57. The molecule has 1 aromatic heterocycles. The van der Waals surface area contributed by atoms with Crippen molar-refractivity contribution in [1.29, 1.82) is 5.26 Å². The molecule has 1 heterocycles. The van der Waals surface area contributed by atoms with E-state index in [4.69, 9.17) is 0 Å². The molecule has 11 rings (SSSR count). The van der Waals surface area contributed by atoms with Gasteiger partial charge >= 0.3 is 0 Å². The van der Waals surface area contributed by atoms with Crippen LogP contribution >= 0.6 is 11.3 Å². The lowest BCUT2D eigenvalue weighted by molar-refractivity contribution is 1.48. The molecule has 11 aromatic rings. The van der Waals surface area contributed by atoms with Gasteiger partial charge in [0.15, 0.2) is 0 Å². The lowest BCUT2D eigenvalue weighted by Crippen LogP contribution is -1.92. The molecule has 55 heavy (non-hydrogen) atoms. The Kier molecular flexibility index (Phi) is 7.17. The van der Waals surface area contributed by atoms with Crippen molar-refractivity contribution in [3.05, 3.63) is 194 Å². The van der Waals surface area contributed by atoms with Crippen LogP contribution in [0.15, 0.2) is 188 Å². The first-order chi connectivity index (χ1) is 27.3. The number of hydrogen-bond acceptors (Lipinski definition) is 2. The average Bonchev–Trinajstić information content (AvgIpc) is 3.63. The van der Waals surface area contributed by atoms with Crippen LogP contribution in [0, 0.1) is 11.3 Å². The van der Waals surface area contributed by atoms with E-state index < -0.39 is 0 Å². The minimum Gasteiger partial charge on any atom is -0.192 e. The molecule has 0 bridgehead atoms. The van der Waals surface area contributed by atoms with E-state index in [-0.39, 0.29) is 0 Å². The molecule has 0 saturated heterocycles. The fourth-order valence-corrected chi connectivity index (χ4v) is 10.3. The first-order valence-corrected chi connectivity index (χ1v) is 19.5. The molecule has 0 aliphatic rings. The minimum atomic E-state index is 0.684. The molecule has 10 aromatic carbocycles. The average molecular weight is 714 g/mol. The van der Waals surface area contributed by atoms with Gasteiger partial charge in [0.05, 0.1) is 11.6 Å². The minimum absolute atomic E-state index is 0.684. The molecule has 0 amide bonds. The zero-order valence-electron chi connectivity index (χ0n) is 29.8. The van der Waals surface area contributed by atoms with E-state index in [1.807, 2.05) is 29.5 Å². The summed E-state index contributed by atoms with van der Waals surface area (Å²) in [7, 11) is 0. The van der Waals surface area contributed by atoms with Crippen molar-refractivity contribution < 1.29 is 0 Å². The summed E-state index contributed by atoms with van der Waals surface area (Å²) in [5.41, 5.74) is 10.2. The zero-order valence-corrected chi connectivity index (χ0v) is 30.6. The highest BCUT2D eigenvalue weighted by molar-refractivity contribution is 7.26. The Morgan fingerprint density at radius 1 is 0.327 bits per heavy atom. The van der Waals surface area contributed by atoms with Crippen LogP contribution in [0.2, 0.25) is 0 Å². The van der Waals surface area contributed by atoms with Crippen molar-refractivity contribution in [3.63, 3.8) is 0 Å². The molecular weight excluding hydrogens is 683 g/mol. The maximum Gasteiger partial charge on any atom is 0.0998 e. The second-order valence-corrected chi connectivity index (χ2v) is 15.3. The van der Waals surface area contributed by atoms with Gasteiger partial charge in [-0.1, -0.05) is 176 Å². The molecule has 254 valence electrons. The maximum atomic E-state index is 10.1. The van der Waals surface area contributed by atoms with Crippen molar-refractivity contribution in [3.8, 4) is 50.6 Å². The van der Waals surface area contributed by atoms with E-state index in [9.17, 15) is 5.26 Å². The number of rotatable bonds is 4. The number of thiophene rings is 1. The van der Waals surface area contributed by atoms with E-state index in [1.54, 1.807) is 0 Å². The Labute approximate surface area is 322 Å². The second kappa shape index (κ2) is 12.5. The lowest BCUT2D eigenvalue weighted by atomic mass is 9.85. The molecule has 0 spiro atoms. The highest BCUT2D eigenvalue weighted by atomic mass is 32.1. The molecule has 0 radical (unpaired) electrons. The van der Waals surface area contributed by atoms with Gasteiger partial charge in [0, 0.05) is 31.3 Å². The predicted molar refractivity (Wildman–Crippen MR) is 236 cm³/mol. The predicted octanol–water partition coefficient (Wildman–Crippen LogP) is 15.2. The van der Waals surface area contributed by atoms with Crippen LogP contribution in [0.1, 0.15) is 5.56 Å². The highest BCUT2D eigenvalue weighted by Crippen LogP contribution is 2.49. The van der Waals surface area contributed by atoms with Crippen molar-refractivity contribution in [2.75, 3.05) is 0 Å². The van der Waals surface area contributed by atoms with Gasteiger partial charge in [-0.15, -0.1) is 11.3 Å². The van der Waals surface area contributed by atoms with E-state index in [0.29, 0.717) is 5.56 Å². The Morgan fingerprint density at radius 3 is 1.33 bits per heavy atom. The first kappa shape index (κ1) is 31.5. The molecule has 0 aliphatic carbocycles. The standard InChI is InChI=1S/C53H31NS/c54-32-35-17-4-5-18-36(35)51-42-23-10-8-21-40(42)50(41-22-9-11-24-43(41)51)34-29-30-37-46-27-14-28-47(53(46)55-48(37)31-34)52-44-25-12-6-19-38(44)49(33-15-2-1-3-16-33)39-20-7-13-26-45(39)52/h1-31H. The Bertz CT molecular complexity index is 3270. The van der Waals surface area contributed by atoms with Gasteiger partial charge in [-0.3, -0.25) is 0 Å². The normalized spacial score (nSPS) is 11.6. The lowest BCUT2D eigenvalue weighted by Gasteiger charge is -2.18. The van der Waals surface area contributed by atoms with Crippen LogP contribution < -0.4 is 0 Å². The fraction of sp³-hybridized carbons (Fsp3) is 0. The van der Waals surface area contributed by atoms with E-state index in [0.717, 1.165) is 21.9 Å². The molecule has 0 unspecified atom stereocenters. The van der Waals surface area contributed by atoms with Gasteiger partial charge in [-0.05, 0) is 88.6 Å². The van der Waals surface area contributed by atoms with Crippen molar-refractivity contribution >= 4 is 74.6 Å². The number of hydrogen-bond donors (Lipinski definition) is 0. The third-order valence-corrected chi connectivity index (χ3v) is 12.5. The summed E-state index contributed by atoms with van der Waals surface area (Å²) in [4.78, 5) is 0. The quantitative estimate of drug-likeness (QED) is 0.167. The molecule has 0 N–H and O–H groups in total. The largest absolute Gasteiger partial charge is 0.192 e. The fourth-order valence-electron chi connectivity index (χ4n) is 9.01. The van der Waals surface area contributed by atoms with Crippen LogP contribution in [0.4, 0.5) is 0 Å².